The van der Waals surface area contributed by atoms with Gasteiger partial charge < -0.3 is 20.7 Å². The minimum Gasteiger partial charge on any atom is -0.465 e. The highest BCUT2D eigenvalue weighted by Crippen LogP contribution is 2.25. The monoisotopic (exact) mass is 325 g/mol. The number of urea groups is 1. The summed E-state index contributed by atoms with van der Waals surface area (Å²) in [5.74, 6) is -0.525. The lowest BCUT2D eigenvalue weighted by Crippen LogP contribution is -2.41. The van der Waals surface area contributed by atoms with E-state index in [1.807, 2.05) is 0 Å². The quantitative estimate of drug-likeness (QED) is 0.822. The molecule has 1 fully saturated rings. The molecule has 0 spiro atoms. The number of nitrogens with two attached hydrogens (primary N) is 1. The van der Waals surface area contributed by atoms with Crippen molar-refractivity contribution in [2.75, 3.05) is 25.5 Å². The zero-order chi connectivity index (χ0) is 16.1. The highest BCUT2D eigenvalue weighted by Gasteiger charge is 2.25. The highest BCUT2D eigenvalue weighted by molar-refractivity contribution is 7.12. The number of methoxy groups -OCH3 is 1. The van der Waals surface area contributed by atoms with E-state index in [2.05, 4.69) is 10.1 Å². The molecule has 0 radical (unpaired) electrons. The molecule has 1 aliphatic heterocycles. The second-order valence-electron chi connectivity index (χ2n) is 5.19. The van der Waals surface area contributed by atoms with Crippen LogP contribution < -0.4 is 11.1 Å². The van der Waals surface area contributed by atoms with E-state index in [0.717, 1.165) is 12.8 Å². The van der Waals surface area contributed by atoms with Gasteiger partial charge in [0.05, 0.1) is 12.8 Å². The number of esters is 1. The van der Waals surface area contributed by atoms with Crippen molar-refractivity contribution in [2.45, 2.75) is 19.3 Å². The smallest absolute Gasteiger partial charge is 0.350 e. The fourth-order valence-corrected chi connectivity index (χ4v) is 3.24. The first-order valence-electron chi connectivity index (χ1n) is 7.01. The summed E-state index contributed by atoms with van der Waals surface area (Å²) in [6.07, 6.45) is 1.88. The lowest BCUT2D eigenvalue weighted by molar-refractivity contribution is -0.119. The van der Waals surface area contributed by atoms with Crippen molar-refractivity contribution >= 4 is 34.9 Å². The maximum atomic E-state index is 12.2. The lowest BCUT2D eigenvalue weighted by atomic mass is 9.93. The Kier molecular flexibility index (Phi) is 5.37. The number of carbonyl (C=O) groups excluding carboxylic acids is 3. The summed E-state index contributed by atoms with van der Waals surface area (Å²) in [4.78, 5) is 36.8. The summed E-state index contributed by atoms with van der Waals surface area (Å²) >= 11 is 1.22. The molecular formula is C14H19N3O4S. The van der Waals surface area contributed by atoms with E-state index in [1.165, 1.54) is 18.4 Å². The molecule has 0 unspecified atom stereocenters. The van der Waals surface area contributed by atoms with E-state index < -0.39 is 5.97 Å². The van der Waals surface area contributed by atoms with Crippen LogP contribution in [-0.2, 0) is 9.53 Å². The van der Waals surface area contributed by atoms with Gasteiger partial charge in [0, 0.05) is 19.5 Å². The van der Waals surface area contributed by atoms with Gasteiger partial charge in [0.15, 0.2) is 0 Å². The van der Waals surface area contributed by atoms with Gasteiger partial charge >= 0.3 is 12.0 Å². The van der Waals surface area contributed by atoms with Crippen LogP contribution in [0, 0.1) is 5.92 Å². The number of rotatable bonds is 4. The Bertz CT molecular complexity index is 564. The van der Waals surface area contributed by atoms with Gasteiger partial charge in [-0.25, -0.2) is 9.59 Å². The van der Waals surface area contributed by atoms with Gasteiger partial charge in [-0.05, 0) is 30.2 Å². The van der Waals surface area contributed by atoms with Crippen LogP contribution in [-0.4, -0.2) is 43.0 Å². The molecule has 2 heterocycles. The summed E-state index contributed by atoms with van der Waals surface area (Å²) in [6.45, 7) is 1.14. The van der Waals surface area contributed by atoms with Crippen molar-refractivity contribution in [1.29, 1.82) is 0 Å². The van der Waals surface area contributed by atoms with Crippen molar-refractivity contribution in [2.24, 2.45) is 11.7 Å². The molecule has 3 N–H and O–H groups in total. The van der Waals surface area contributed by atoms with Crippen molar-refractivity contribution in [1.82, 2.24) is 4.90 Å². The predicted octanol–water partition coefficient (Wildman–Crippen LogP) is 1.65. The van der Waals surface area contributed by atoms with Crippen LogP contribution in [0.25, 0.3) is 0 Å². The topological polar surface area (TPSA) is 102 Å². The number of piperidine rings is 1. The number of likely N-dealkylation sites (tertiary alicyclic amines) is 1. The Morgan fingerprint density at radius 2 is 2.09 bits per heavy atom. The second kappa shape index (κ2) is 7.26. The summed E-state index contributed by atoms with van der Waals surface area (Å²) < 4.78 is 4.68. The van der Waals surface area contributed by atoms with Gasteiger partial charge in [-0.2, -0.15) is 0 Å². The lowest BCUT2D eigenvalue weighted by Gasteiger charge is -2.31. The molecule has 0 atom stereocenters. The summed E-state index contributed by atoms with van der Waals surface area (Å²) in [6, 6.07) is 1.43. The van der Waals surface area contributed by atoms with E-state index in [1.54, 1.807) is 16.3 Å². The molecule has 3 amide bonds. The number of hydrogen-bond donors (Lipinski definition) is 2. The Labute approximate surface area is 132 Å². The Hall–Kier alpha value is -2.09. The standard InChI is InChI=1S/C14H19N3O4S/c1-21-13(19)12-10(4-7-22-12)16-14(20)17-5-2-9(3-6-17)8-11(15)18/h4,7,9H,2-3,5-6,8H2,1H3,(H2,15,18)(H,16,20). The molecule has 0 aliphatic carbocycles. The molecule has 2 rings (SSSR count). The van der Waals surface area contributed by atoms with Crippen molar-refractivity contribution < 1.29 is 19.1 Å². The van der Waals surface area contributed by atoms with E-state index in [9.17, 15) is 14.4 Å². The summed E-state index contributed by atoms with van der Waals surface area (Å²) in [7, 11) is 1.30. The average Bonchev–Trinajstić information content (AvgIpc) is 2.94. The summed E-state index contributed by atoms with van der Waals surface area (Å²) in [5, 5.41) is 4.46. The molecule has 0 aromatic carbocycles. The van der Waals surface area contributed by atoms with Crippen LogP contribution in [0.3, 0.4) is 0 Å². The zero-order valence-corrected chi connectivity index (χ0v) is 13.1. The minimum absolute atomic E-state index is 0.244. The maximum absolute atomic E-state index is 12.2. The SMILES string of the molecule is COC(=O)c1sccc1NC(=O)N1CCC(CC(N)=O)CC1. The number of hydrogen-bond acceptors (Lipinski definition) is 5. The van der Waals surface area contributed by atoms with Gasteiger partial charge in [-0.3, -0.25) is 4.79 Å². The fourth-order valence-electron chi connectivity index (χ4n) is 2.48. The number of ether oxygens (including phenoxy) is 1. The molecule has 1 aromatic heterocycles. The van der Waals surface area contributed by atoms with Gasteiger partial charge in [-0.1, -0.05) is 0 Å². The van der Waals surface area contributed by atoms with Crippen LogP contribution >= 0.6 is 11.3 Å². The highest BCUT2D eigenvalue weighted by atomic mass is 32.1. The number of nitrogens with zero attached hydrogens (tertiary/aromatic N) is 1. The molecule has 120 valence electrons. The van der Waals surface area contributed by atoms with Gasteiger partial charge in [0.1, 0.15) is 4.88 Å². The maximum Gasteiger partial charge on any atom is 0.350 e. The van der Waals surface area contributed by atoms with E-state index in [0.29, 0.717) is 30.1 Å². The first kappa shape index (κ1) is 16.3. The van der Waals surface area contributed by atoms with Crippen molar-refractivity contribution in [3.63, 3.8) is 0 Å². The Morgan fingerprint density at radius 3 is 2.68 bits per heavy atom. The molecule has 8 heteroatoms. The minimum atomic E-state index is -0.467. The van der Waals surface area contributed by atoms with Gasteiger partial charge in [0.25, 0.3) is 0 Å². The Morgan fingerprint density at radius 1 is 1.41 bits per heavy atom. The number of carbonyl (C=O) groups is 3. The van der Waals surface area contributed by atoms with Crippen LogP contribution in [0.15, 0.2) is 11.4 Å². The number of primary amides is 1. The van der Waals surface area contributed by atoms with Crippen LogP contribution in [0.4, 0.5) is 10.5 Å². The molecule has 0 saturated carbocycles. The number of nitrogens with one attached hydrogen (secondary N) is 1. The molecule has 0 bridgehead atoms. The summed E-state index contributed by atoms with van der Waals surface area (Å²) in [5.41, 5.74) is 5.65. The first-order chi connectivity index (χ1) is 10.5. The van der Waals surface area contributed by atoms with E-state index in [4.69, 9.17) is 5.73 Å². The van der Waals surface area contributed by atoms with Gasteiger partial charge in [-0.15, -0.1) is 11.3 Å². The third-order valence-corrected chi connectivity index (χ3v) is 4.56. The third-order valence-electron chi connectivity index (χ3n) is 3.67. The van der Waals surface area contributed by atoms with E-state index in [-0.39, 0.29) is 17.9 Å². The fraction of sp³-hybridized carbons (Fsp3) is 0.500. The van der Waals surface area contributed by atoms with Gasteiger partial charge in [0.2, 0.25) is 5.91 Å². The Balaban J connectivity index is 1.90. The molecule has 7 nitrogen and oxygen atoms in total. The third kappa shape index (κ3) is 3.97. The number of thiophene rings is 1. The second-order valence-corrected chi connectivity index (χ2v) is 6.10. The molecule has 1 aromatic rings. The number of anilines is 1. The van der Waals surface area contributed by atoms with Crippen LogP contribution in [0.5, 0.6) is 0 Å². The molecular weight excluding hydrogens is 306 g/mol. The molecule has 1 aliphatic rings. The normalized spacial score (nSPS) is 15.4. The molecule has 22 heavy (non-hydrogen) atoms. The van der Waals surface area contributed by atoms with E-state index >= 15 is 0 Å². The van der Waals surface area contributed by atoms with Crippen LogP contribution in [0.1, 0.15) is 28.9 Å². The van der Waals surface area contributed by atoms with Crippen LogP contribution in [0.2, 0.25) is 0 Å². The van der Waals surface area contributed by atoms with Crippen molar-refractivity contribution in [3.8, 4) is 0 Å². The molecule has 1 saturated heterocycles. The van der Waals surface area contributed by atoms with Crippen molar-refractivity contribution in [3.05, 3.63) is 16.3 Å². The number of amides is 3. The largest absolute Gasteiger partial charge is 0.465 e. The first-order valence-corrected chi connectivity index (χ1v) is 7.89. The zero-order valence-electron chi connectivity index (χ0n) is 12.3. The predicted molar refractivity (Wildman–Crippen MR) is 82.8 cm³/mol. The average molecular weight is 325 g/mol.